The van der Waals surface area contributed by atoms with Gasteiger partial charge in [0.2, 0.25) is 0 Å². The summed E-state index contributed by atoms with van der Waals surface area (Å²) in [5.41, 5.74) is 9.92. The van der Waals surface area contributed by atoms with Crippen LogP contribution >= 0.6 is 0 Å². The van der Waals surface area contributed by atoms with Crippen LogP contribution in [0.25, 0.3) is 0 Å². The lowest BCUT2D eigenvalue weighted by atomic mass is 10.1. The Labute approximate surface area is 111 Å². The van der Waals surface area contributed by atoms with Crippen LogP contribution in [0.15, 0.2) is 24.3 Å². The minimum absolute atomic E-state index is 0.0133. The van der Waals surface area contributed by atoms with Crippen molar-refractivity contribution in [3.8, 4) is 0 Å². The summed E-state index contributed by atoms with van der Waals surface area (Å²) >= 11 is 0. The normalized spacial score (nSPS) is 10.6. The predicted octanol–water partition coefficient (Wildman–Crippen LogP) is 1.76. The number of rotatable bonds is 4. The predicted molar refractivity (Wildman–Crippen MR) is 73.0 cm³/mol. The van der Waals surface area contributed by atoms with E-state index in [0.717, 1.165) is 28.2 Å². The Kier molecular flexibility index (Phi) is 3.55. The maximum absolute atomic E-state index is 10.8. The molecule has 0 fully saturated rings. The van der Waals surface area contributed by atoms with Gasteiger partial charge in [-0.25, -0.2) is 0 Å². The molecule has 2 aromatic rings. The van der Waals surface area contributed by atoms with Crippen LogP contribution in [0, 0.1) is 13.8 Å². The molecule has 0 bridgehead atoms. The second kappa shape index (κ2) is 5.14. The molecule has 3 N–H and O–H groups in total. The van der Waals surface area contributed by atoms with E-state index >= 15 is 0 Å². The van der Waals surface area contributed by atoms with Crippen molar-refractivity contribution in [2.45, 2.75) is 26.8 Å². The topological polar surface area (TPSA) is 81.1 Å². The van der Waals surface area contributed by atoms with Crippen LogP contribution in [-0.4, -0.2) is 20.9 Å². The first-order chi connectivity index (χ1) is 8.97. The molecule has 1 heterocycles. The highest BCUT2D eigenvalue weighted by atomic mass is 16.4. The smallest absolute Gasteiger partial charge is 0.307 e. The summed E-state index contributed by atoms with van der Waals surface area (Å²) in [6, 6.07) is 7.59. The monoisotopic (exact) mass is 259 g/mol. The largest absolute Gasteiger partial charge is 0.481 e. The molecular weight excluding hydrogens is 242 g/mol. The van der Waals surface area contributed by atoms with Gasteiger partial charge in [0, 0.05) is 16.9 Å². The zero-order chi connectivity index (χ0) is 14.0. The standard InChI is InChI=1S/C14H17N3O2/c1-9-13(7-14(18)19)10(2)17(16-9)8-11-3-5-12(15)6-4-11/h3-6H,7-8,15H2,1-2H3,(H,18,19). The summed E-state index contributed by atoms with van der Waals surface area (Å²) in [6.45, 7) is 4.35. The Morgan fingerprint density at radius 3 is 2.53 bits per heavy atom. The van der Waals surface area contributed by atoms with Crippen molar-refractivity contribution in [2.24, 2.45) is 0 Å². The van der Waals surface area contributed by atoms with E-state index in [1.165, 1.54) is 0 Å². The van der Waals surface area contributed by atoms with Crippen LogP contribution in [0.4, 0.5) is 5.69 Å². The molecule has 0 atom stereocenters. The van der Waals surface area contributed by atoms with Crippen molar-refractivity contribution in [1.29, 1.82) is 0 Å². The molecular formula is C14H17N3O2. The molecule has 0 aliphatic carbocycles. The van der Waals surface area contributed by atoms with E-state index in [1.54, 1.807) is 0 Å². The third-order valence-corrected chi connectivity index (χ3v) is 3.17. The van der Waals surface area contributed by atoms with Crippen molar-refractivity contribution >= 4 is 11.7 Å². The highest BCUT2D eigenvalue weighted by molar-refractivity contribution is 5.70. The SMILES string of the molecule is Cc1nn(Cc2ccc(N)cc2)c(C)c1CC(=O)O. The van der Waals surface area contributed by atoms with E-state index in [0.29, 0.717) is 6.54 Å². The summed E-state index contributed by atoms with van der Waals surface area (Å²) in [5.74, 6) is -0.835. The third kappa shape index (κ3) is 2.93. The van der Waals surface area contributed by atoms with Gasteiger partial charge in [-0.1, -0.05) is 12.1 Å². The average molecular weight is 259 g/mol. The molecule has 5 nitrogen and oxygen atoms in total. The summed E-state index contributed by atoms with van der Waals surface area (Å²) in [4.78, 5) is 10.8. The van der Waals surface area contributed by atoms with Crippen molar-refractivity contribution in [2.75, 3.05) is 5.73 Å². The first-order valence-electron chi connectivity index (χ1n) is 6.06. The quantitative estimate of drug-likeness (QED) is 0.820. The second-order valence-corrected chi connectivity index (χ2v) is 4.62. The molecule has 0 spiro atoms. The lowest BCUT2D eigenvalue weighted by Gasteiger charge is -2.05. The van der Waals surface area contributed by atoms with Gasteiger partial charge in [0.25, 0.3) is 0 Å². The van der Waals surface area contributed by atoms with Gasteiger partial charge in [-0.2, -0.15) is 5.10 Å². The highest BCUT2D eigenvalue weighted by Crippen LogP contribution is 2.16. The van der Waals surface area contributed by atoms with Crippen molar-refractivity contribution < 1.29 is 9.90 Å². The van der Waals surface area contributed by atoms with Gasteiger partial charge >= 0.3 is 5.97 Å². The number of aromatic nitrogens is 2. The molecule has 0 unspecified atom stereocenters. The molecule has 0 amide bonds. The zero-order valence-electron chi connectivity index (χ0n) is 11.1. The van der Waals surface area contributed by atoms with Gasteiger partial charge in [-0.05, 0) is 31.5 Å². The van der Waals surface area contributed by atoms with Crippen molar-refractivity contribution in [3.05, 3.63) is 46.8 Å². The molecule has 1 aromatic heterocycles. The molecule has 0 radical (unpaired) electrons. The van der Waals surface area contributed by atoms with Crippen LogP contribution in [0.3, 0.4) is 0 Å². The number of nitrogens with zero attached hydrogens (tertiary/aromatic N) is 2. The van der Waals surface area contributed by atoms with Crippen molar-refractivity contribution in [3.63, 3.8) is 0 Å². The van der Waals surface area contributed by atoms with Crippen LogP contribution in [0.1, 0.15) is 22.5 Å². The fraction of sp³-hybridized carbons (Fsp3) is 0.286. The number of carboxylic acid groups (broad SMARTS) is 1. The van der Waals surface area contributed by atoms with Gasteiger partial charge in [0.15, 0.2) is 0 Å². The average Bonchev–Trinajstić information content (AvgIpc) is 2.60. The van der Waals surface area contributed by atoms with Crippen LogP contribution in [0.2, 0.25) is 0 Å². The minimum Gasteiger partial charge on any atom is -0.481 e. The van der Waals surface area contributed by atoms with E-state index in [1.807, 2.05) is 42.8 Å². The fourth-order valence-electron chi connectivity index (χ4n) is 2.09. The van der Waals surface area contributed by atoms with Gasteiger partial charge in [-0.15, -0.1) is 0 Å². The Morgan fingerprint density at radius 2 is 1.95 bits per heavy atom. The van der Waals surface area contributed by atoms with E-state index in [-0.39, 0.29) is 6.42 Å². The number of hydrogen-bond donors (Lipinski definition) is 2. The third-order valence-electron chi connectivity index (χ3n) is 3.17. The molecule has 19 heavy (non-hydrogen) atoms. The Bertz CT molecular complexity index is 600. The molecule has 0 saturated carbocycles. The summed E-state index contributed by atoms with van der Waals surface area (Å²) < 4.78 is 1.83. The number of nitrogen functional groups attached to an aromatic ring is 1. The Balaban J connectivity index is 2.26. The lowest BCUT2D eigenvalue weighted by Crippen LogP contribution is -2.06. The van der Waals surface area contributed by atoms with Crippen LogP contribution in [-0.2, 0) is 17.8 Å². The van der Waals surface area contributed by atoms with E-state index in [2.05, 4.69) is 5.10 Å². The fourth-order valence-corrected chi connectivity index (χ4v) is 2.09. The molecule has 1 aromatic carbocycles. The van der Waals surface area contributed by atoms with E-state index < -0.39 is 5.97 Å². The molecule has 5 heteroatoms. The molecule has 0 aliphatic heterocycles. The molecule has 0 saturated heterocycles. The zero-order valence-corrected chi connectivity index (χ0v) is 11.1. The number of carboxylic acids is 1. The number of aryl methyl sites for hydroxylation is 1. The summed E-state index contributed by atoms with van der Waals surface area (Å²) in [6.07, 6.45) is 0.0133. The van der Waals surface area contributed by atoms with Gasteiger partial charge in [-0.3, -0.25) is 9.48 Å². The summed E-state index contributed by atoms with van der Waals surface area (Å²) in [7, 11) is 0. The molecule has 0 aliphatic rings. The summed E-state index contributed by atoms with van der Waals surface area (Å²) in [5, 5.41) is 13.3. The first kappa shape index (κ1) is 13.1. The number of aliphatic carboxylic acids is 1. The van der Waals surface area contributed by atoms with Crippen LogP contribution in [0.5, 0.6) is 0 Å². The minimum atomic E-state index is -0.835. The van der Waals surface area contributed by atoms with Gasteiger partial charge in [0.05, 0.1) is 18.7 Å². The first-order valence-corrected chi connectivity index (χ1v) is 6.06. The number of hydrogen-bond acceptors (Lipinski definition) is 3. The van der Waals surface area contributed by atoms with Gasteiger partial charge in [0.1, 0.15) is 0 Å². The number of carbonyl (C=O) groups is 1. The Hall–Kier alpha value is -2.30. The lowest BCUT2D eigenvalue weighted by molar-refractivity contribution is -0.136. The number of nitrogens with two attached hydrogens (primary N) is 1. The molecule has 2 rings (SSSR count). The maximum Gasteiger partial charge on any atom is 0.307 e. The van der Waals surface area contributed by atoms with Crippen molar-refractivity contribution in [1.82, 2.24) is 9.78 Å². The number of benzene rings is 1. The Morgan fingerprint density at radius 1 is 1.32 bits per heavy atom. The maximum atomic E-state index is 10.8. The van der Waals surface area contributed by atoms with Crippen LogP contribution < -0.4 is 5.73 Å². The second-order valence-electron chi connectivity index (χ2n) is 4.62. The number of anilines is 1. The van der Waals surface area contributed by atoms with E-state index in [4.69, 9.17) is 10.8 Å². The van der Waals surface area contributed by atoms with E-state index in [9.17, 15) is 4.79 Å². The molecule has 100 valence electrons. The van der Waals surface area contributed by atoms with Gasteiger partial charge < -0.3 is 10.8 Å². The highest BCUT2D eigenvalue weighted by Gasteiger charge is 2.14.